The largest absolute Gasteiger partial charge is 0.437 e. The van der Waals surface area contributed by atoms with E-state index in [1.807, 2.05) is 6.92 Å². The van der Waals surface area contributed by atoms with Gasteiger partial charge in [0.2, 0.25) is 11.8 Å². The van der Waals surface area contributed by atoms with E-state index in [9.17, 15) is 4.39 Å². The number of hydrogen-bond acceptors (Lipinski definition) is 4. The summed E-state index contributed by atoms with van der Waals surface area (Å²) in [5.41, 5.74) is 0. The van der Waals surface area contributed by atoms with Crippen LogP contribution >= 0.6 is 27.5 Å². The zero-order valence-corrected chi connectivity index (χ0v) is 12.3. The van der Waals surface area contributed by atoms with Gasteiger partial charge in [0.25, 0.3) is 0 Å². The lowest BCUT2D eigenvalue weighted by Crippen LogP contribution is -2.02. The highest BCUT2D eigenvalue weighted by molar-refractivity contribution is 9.10. The molecule has 1 aromatic heterocycles. The van der Waals surface area contributed by atoms with E-state index in [0.29, 0.717) is 22.7 Å². The Morgan fingerprint density at radius 3 is 2.95 bits per heavy atom. The fourth-order valence-corrected chi connectivity index (χ4v) is 1.81. The zero-order chi connectivity index (χ0) is 13.8. The molecular formula is C12H10BrClFN3O. The van der Waals surface area contributed by atoms with Gasteiger partial charge in [0.05, 0.1) is 10.7 Å². The molecule has 1 N–H and O–H groups in total. The van der Waals surface area contributed by atoms with Crippen molar-refractivity contribution < 1.29 is 9.13 Å². The smallest absolute Gasteiger partial charge is 0.243 e. The van der Waals surface area contributed by atoms with Gasteiger partial charge in [-0.2, -0.15) is 4.98 Å². The lowest BCUT2D eigenvalue weighted by atomic mass is 10.3. The third-order valence-corrected chi connectivity index (χ3v) is 3.02. The number of nitrogens with one attached hydrogen (secondary N) is 1. The number of halogens is 3. The molecule has 2 rings (SSSR count). The highest BCUT2D eigenvalue weighted by Crippen LogP contribution is 2.29. The molecule has 0 saturated carbocycles. The summed E-state index contributed by atoms with van der Waals surface area (Å²) in [5.74, 6) is 0.694. The fourth-order valence-electron chi connectivity index (χ4n) is 1.32. The highest BCUT2D eigenvalue weighted by atomic mass is 79.9. The molecule has 1 heterocycles. The van der Waals surface area contributed by atoms with Gasteiger partial charge in [-0.25, -0.2) is 9.37 Å². The summed E-state index contributed by atoms with van der Waals surface area (Å²) in [7, 11) is 0. The molecule has 0 atom stereocenters. The molecule has 19 heavy (non-hydrogen) atoms. The highest BCUT2D eigenvalue weighted by Gasteiger charge is 2.09. The Labute approximate surface area is 123 Å². The molecule has 2 aromatic rings. The Hall–Kier alpha value is -1.40. The molecule has 7 heteroatoms. The first-order chi connectivity index (χ1) is 9.10. The second kappa shape index (κ2) is 6.16. The van der Waals surface area contributed by atoms with Gasteiger partial charge in [0.1, 0.15) is 16.6 Å². The minimum Gasteiger partial charge on any atom is -0.437 e. The van der Waals surface area contributed by atoms with Crippen LogP contribution in [0.1, 0.15) is 6.92 Å². The average Bonchev–Trinajstić information content (AvgIpc) is 2.38. The zero-order valence-electron chi connectivity index (χ0n) is 9.95. The molecule has 4 nitrogen and oxygen atoms in total. The third kappa shape index (κ3) is 3.54. The lowest BCUT2D eigenvalue weighted by Gasteiger charge is -2.08. The van der Waals surface area contributed by atoms with Crippen molar-refractivity contribution in [1.82, 2.24) is 9.97 Å². The predicted octanol–water partition coefficient (Wildman–Crippen LogP) is 4.26. The van der Waals surface area contributed by atoms with Crippen LogP contribution in [0, 0.1) is 5.82 Å². The van der Waals surface area contributed by atoms with E-state index in [2.05, 4.69) is 31.2 Å². The van der Waals surface area contributed by atoms with Gasteiger partial charge in [-0.3, -0.25) is 0 Å². The van der Waals surface area contributed by atoms with Gasteiger partial charge >= 0.3 is 0 Å². The monoisotopic (exact) mass is 345 g/mol. The molecular weight excluding hydrogens is 337 g/mol. The number of aromatic nitrogens is 2. The molecule has 1 aromatic carbocycles. The maximum atomic E-state index is 13.1. The normalized spacial score (nSPS) is 10.3. The number of benzene rings is 1. The first-order valence-electron chi connectivity index (χ1n) is 5.49. The summed E-state index contributed by atoms with van der Waals surface area (Å²) in [5, 5.41) is 3.23. The van der Waals surface area contributed by atoms with Crippen LogP contribution in [0.4, 0.5) is 10.3 Å². The number of anilines is 1. The van der Waals surface area contributed by atoms with Crippen LogP contribution in [0.5, 0.6) is 11.6 Å². The molecule has 0 aliphatic rings. The minimum atomic E-state index is -0.366. The summed E-state index contributed by atoms with van der Waals surface area (Å²) < 4.78 is 18.9. The SMILES string of the molecule is CCNc1ncc(Cl)c(Oc2ccc(F)c(Br)c2)n1. The first-order valence-corrected chi connectivity index (χ1v) is 6.66. The topological polar surface area (TPSA) is 47.0 Å². The maximum absolute atomic E-state index is 13.1. The molecule has 0 radical (unpaired) electrons. The average molecular weight is 347 g/mol. The van der Waals surface area contributed by atoms with E-state index in [-0.39, 0.29) is 16.7 Å². The lowest BCUT2D eigenvalue weighted by molar-refractivity contribution is 0.460. The molecule has 0 spiro atoms. The molecule has 100 valence electrons. The van der Waals surface area contributed by atoms with Crippen LogP contribution in [0.3, 0.4) is 0 Å². The number of hydrogen-bond donors (Lipinski definition) is 1. The molecule has 0 unspecified atom stereocenters. The van der Waals surface area contributed by atoms with Crippen LogP contribution in [0.25, 0.3) is 0 Å². The van der Waals surface area contributed by atoms with Crippen molar-refractivity contribution in [1.29, 1.82) is 0 Å². The quantitative estimate of drug-likeness (QED) is 0.899. The van der Waals surface area contributed by atoms with Crippen molar-refractivity contribution in [2.75, 3.05) is 11.9 Å². The molecule has 0 aliphatic carbocycles. The Balaban J connectivity index is 2.26. The minimum absolute atomic E-state index is 0.214. The van der Waals surface area contributed by atoms with Gasteiger partial charge in [0.15, 0.2) is 0 Å². The summed E-state index contributed by atoms with van der Waals surface area (Å²) in [6.07, 6.45) is 1.44. The van der Waals surface area contributed by atoms with Crippen molar-refractivity contribution in [3.8, 4) is 11.6 Å². The molecule has 0 bridgehead atoms. The van der Waals surface area contributed by atoms with Crippen molar-refractivity contribution in [3.63, 3.8) is 0 Å². The van der Waals surface area contributed by atoms with Crippen LogP contribution in [0.2, 0.25) is 5.02 Å². The summed E-state index contributed by atoms with van der Waals surface area (Å²) in [4.78, 5) is 8.12. The van der Waals surface area contributed by atoms with Crippen LogP contribution in [-0.2, 0) is 0 Å². The Morgan fingerprint density at radius 2 is 2.26 bits per heavy atom. The van der Waals surface area contributed by atoms with Gasteiger partial charge in [-0.15, -0.1) is 0 Å². The Kier molecular flexibility index (Phi) is 4.55. The van der Waals surface area contributed by atoms with E-state index < -0.39 is 0 Å². The van der Waals surface area contributed by atoms with Gasteiger partial charge < -0.3 is 10.1 Å². The van der Waals surface area contributed by atoms with Gasteiger partial charge in [-0.1, -0.05) is 11.6 Å². The predicted molar refractivity (Wildman–Crippen MR) is 75.4 cm³/mol. The summed E-state index contributed by atoms with van der Waals surface area (Å²) in [6, 6.07) is 4.28. The molecule has 0 aliphatic heterocycles. The fraction of sp³-hybridized carbons (Fsp3) is 0.167. The van der Waals surface area contributed by atoms with Crippen LogP contribution < -0.4 is 10.1 Å². The van der Waals surface area contributed by atoms with E-state index >= 15 is 0 Å². The van der Waals surface area contributed by atoms with Gasteiger partial charge in [0, 0.05) is 6.54 Å². The Bertz CT molecular complexity index is 597. The van der Waals surface area contributed by atoms with Crippen LogP contribution in [0.15, 0.2) is 28.9 Å². The van der Waals surface area contributed by atoms with E-state index in [1.54, 1.807) is 0 Å². The van der Waals surface area contributed by atoms with Crippen LogP contribution in [-0.4, -0.2) is 16.5 Å². The van der Waals surface area contributed by atoms with Crippen molar-refractivity contribution in [3.05, 3.63) is 39.7 Å². The molecule has 0 fully saturated rings. The van der Waals surface area contributed by atoms with Crippen molar-refractivity contribution >= 4 is 33.5 Å². The maximum Gasteiger partial charge on any atom is 0.243 e. The second-order valence-corrected chi connectivity index (χ2v) is 4.82. The molecule has 0 saturated heterocycles. The number of ether oxygens (including phenoxy) is 1. The summed E-state index contributed by atoms with van der Waals surface area (Å²) in [6.45, 7) is 2.61. The third-order valence-electron chi connectivity index (χ3n) is 2.15. The number of nitrogens with zero attached hydrogens (tertiary/aromatic N) is 2. The van der Waals surface area contributed by atoms with Gasteiger partial charge in [-0.05, 0) is 41.1 Å². The van der Waals surface area contributed by atoms with E-state index in [0.717, 1.165) is 0 Å². The molecule has 0 amide bonds. The van der Waals surface area contributed by atoms with Crippen molar-refractivity contribution in [2.24, 2.45) is 0 Å². The van der Waals surface area contributed by atoms with Crippen molar-refractivity contribution in [2.45, 2.75) is 6.92 Å². The number of rotatable bonds is 4. The van der Waals surface area contributed by atoms with E-state index in [4.69, 9.17) is 16.3 Å². The van der Waals surface area contributed by atoms with E-state index in [1.165, 1.54) is 24.4 Å². The second-order valence-electron chi connectivity index (χ2n) is 3.56. The standard InChI is InChI=1S/C12H10BrClFN3O/c1-2-16-12-17-6-9(14)11(18-12)19-7-3-4-10(15)8(13)5-7/h3-6H,2H2,1H3,(H,16,17,18). The first kappa shape index (κ1) is 14.0. The summed E-state index contributed by atoms with van der Waals surface area (Å²) >= 11 is 9.04. The Morgan fingerprint density at radius 1 is 1.47 bits per heavy atom.